The van der Waals surface area contributed by atoms with Crippen molar-refractivity contribution in [1.82, 2.24) is 24.5 Å². The number of carbonyl (C=O) groups is 1. The maximum Gasteiger partial charge on any atom is 0.353 e. The molecule has 8 nitrogen and oxygen atoms in total. The maximum absolute atomic E-state index is 14.5. The molecule has 0 aliphatic heterocycles. The fourth-order valence-corrected chi connectivity index (χ4v) is 4.10. The van der Waals surface area contributed by atoms with Crippen LogP contribution in [0, 0.1) is 12.7 Å². The van der Waals surface area contributed by atoms with Crippen molar-refractivity contribution in [1.29, 1.82) is 0 Å². The Bertz CT molecular complexity index is 1600. The molecule has 32 heavy (non-hydrogen) atoms. The number of hydrogen-bond donors (Lipinski definition) is 3. The SMILES string of the molecule is Cc1nc2c(-c3ccc[nH]c3=O)c(C(=O)O)n(Cc3cc4[nH]cnc4cc3Cl)c2cc1F. The van der Waals surface area contributed by atoms with E-state index in [-0.39, 0.29) is 40.1 Å². The third-order valence-corrected chi connectivity index (χ3v) is 5.72. The first-order chi connectivity index (χ1) is 15.3. The number of rotatable bonds is 4. The number of hydrogen-bond acceptors (Lipinski definition) is 4. The van der Waals surface area contributed by atoms with Crippen molar-refractivity contribution in [3.8, 4) is 11.1 Å². The van der Waals surface area contributed by atoms with Crippen LogP contribution in [0.15, 0.2) is 47.7 Å². The zero-order valence-electron chi connectivity index (χ0n) is 16.6. The van der Waals surface area contributed by atoms with E-state index in [1.807, 2.05) is 0 Å². The second-order valence-electron chi connectivity index (χ2n) is 7.31. The predicted molar refractivity (Wildman–Crippen MR) is 118 cm³/mol. The number of carboxylic acids is 1. The monoisotopic (exact) mass is 451 g/mol. The van der Waals surface area contributed by atoms with Gasteiger partial charge in [-0.1, -0.05) is 11.6 Å². The van der Waals surface area contributed by atoms with E-state index in [0.717, 1.165) is 5.52 Å². The number of fused-ring (bicyclic) bond motifs is 2. The summed E-state index contributed by atoms with van der Waals surface area (Å²) < 4.78 is 15.9. The Balaban J connectivity index is 1.85. The molecule has 4 heterocycles. The van der Waals surface area contributed by atoms with Gasteiger partial charge in [-0.2, -0.15) is 0 Å². The highest BCUT2D eigenvalue weighted by Gasteiger charge is 2.27. The smallest absolute Gasteiger partial charge is 0.353 e. The first-order valence-electron chi connectivity index (χ1n) is 9.57. The Morgan fingerprint density at radius 3 is 2.84 bits per heavy atom. The van der Waals surface area contributed by atoms with Crippen molar-refractivity contribution < 1.29 is 14.3 Å². The highest BCUT2D eigenvalue weighted by molar-refractivity contribution is 6.32. The number of imidazole rings is 1. The summed E-state index contributed by atoms with van der Waals surface area (Å²) in [6.45, 7) is 1.50. The molecule has 3 N–H and O–H groups in total. The summed E-state index contributed by atoms with van der Waals surface area (Å²) in [6, 6.07) is 7.75. The normalized spacial score (nSPS) is 11.5. The number of aromatic carboxylic acids is 1. The van der Waals surface area contributed by atoms with Gasteiger partial charge >= 0.3 is 5.97 Å². The lowest BCUT2D eigenvalue weighted by Crippen LogP contribution is -2.13. The summed E-state index contributed by atoms with van der Waals surface area (Å²) >= 11 is 6.44. The number of aromatic nitrogens is 5. The van der Waals surface area contributed by atoms with Crippen LogP contribution in [-0.4, -0.2) is 35.6 Å². The average molecular weight is 452 g/mol. The predicted octanol–water partition coefficient (Wildman–Crippen LogP) is 4.12. The molecule has 5 aromatic rings. The van der Waals surface area contributed by atoms with E-state index in [1.54, 1.807) is 18.2 Å². The van der Waals surface area contributed by atoms with Crippen LogP contribution in [0.4, 0.5) is 4.39 Å². The molecular weight excluding hydrogens is 437 g/mol. The number of benzene rings is 1. The van der Waals surface area contributed by atoms with Gasteiger partial charge in [0.25, 0.3) is 5.56 Å². The molecule has 0 bridgehead atoms. The Hall–Kier alpha value is -3.98. The van der Waals surface area contributed by atoms with Crippen LogP contribution in [-0.2, 0) is 6.54 Å². The molecule has 5 rings (SSSR count). The minimum Gasteiger partial charge on any atom is -0.477 e. The molecule has 0 atom stereocenters. The van der Waals surface area contributed by atoms with Crippen LogP contribution in [0.3, 0.4) is 0 Å². The van der Waals surface area contributed by atoms with E-state index < -0.39 is 17.3 Å². The molecule has 0 saturated heterocycles. The highest BCUT2D eigenvalue weighted by Crippen LogP contribution is 2.35. The zero-order chi connectivity index (χ0) is 22.6. The minimum atomic E-state index is -1.28. The number of nitrogens with zero attached hydrogens (tertiary/aromatic N) is 3. The summed E-state index contributed by atoms with van der Waals surface area (Å²) in [5, 5.41) is 10.5. The molecule has 4 aromatic heterocycles. The van der Waals surface area contributed by atoms with E-state index in [4.69, 9.17) is 11.6 Å². The van der Waals surface area contributed by atoms with Crippen molar-refractivity contribution >= 4 is 39.6 Å². The lowest BCUT2D eigenvalue weighted by Gasteiger charge is -2.11. The molecule has 0 saturated carbocycles. The minimum absolute atomic E-state index is 0.0147. The van der Waals surface area contributed by atoms with Gasteiger partial charge < -0.3 is 19.6 Å². The largest absolute Gasteiger partial charge is 0.477 e. The molecule has 0 fully saturated rings. The number of nitrogens with one attached hydrogen (secondary N) is 2. The molecule has 0 aliphatic carbocycles. The van der Waals surface area contributed by atoms with Crippen LogP contribution < -0.4 is 5.56 Å². The Morgan fingerprint density at radius 1 is 1.28 bits per heavy atom. The van der Waals surface area contributed by atoms with Crippen LogP contribution in [0.5, 0.6) is 0 Å². The molecule has 10 heteroatoms. The summed E-state index contributed by atoms with van der Waals surface area (Å²) in [7, 11) is 0. The van der Waals surface area contributed by atoms with E-state index in [0.29, 0.717) is 16.1 Å². The van der Waals surface area contributed by atoms with Gasteiger partial charge in [0, 0.05) is 22.8 Å². The molecule has 0 aliphatic rings. The van der Waals surface area contributed by atoms with Crippen molar-refractivity contribution in [2.75, 3.05) is 0 Å². The molecule has 0 radical (unpaired) electrons. The van der Waals surface area contributed by atoms with Crippen molar-refractivity contribution in [2.24, 2.45) is 0 Å². The lowest BCUT2D eigenvalue weighted by atomic mass is 10.1. The van der Waals surface area contributed by atoms with Crippen molar-refractivity contribution in [2.45, 2.75) is 13.5 Å². The third-order valence-electron chi connectivity index (χ3n) is 5.37. The third kappa shape index (κ3) is 3.05. The van der Waals surface area contributed by atoms with Gasteiger partial charge in [-0.05, 0) is 36.8 Å². The van der Waals surface area contributed by atoms with Gasteiger partial charge in [0.1, 0.15) is 11.5 Å². The Kier molecular flexibility index (Phi) is 4.56. The molecule has 0 unspecified atom stereocenters. The number of halogens is 2. The van der Waals surface area contributed by atoms with E-state index in [2.05, 4.69) is 19.9 Å². The van der Waals surface area contributed by atoms with Crippen LogP contribution >= 0.6 is 11.6 Å². The van der Waals surface area contributed by atoms with Crippen LogP contribution in [0.1, 0.15) is 21.7 Å². The molecule has 160 valence electrons. The second kappa shape index (κ2) is 7.31. The fourth-order valence-electron chi connectivity index (χ4n) is 3.88. The van der Waals surface area contributed by atoms with Crippen molar-refractivity contribution in [3.05, 3.63) is 81.0 Å². The van der Waals surface area contributed by atoms with Gasteiger partial charge in [-0.15, -0.1) is 0 Å². The van der Waals surface area contributed by atoms with Gasteiger partial charge in [0.15, 0.2) is 0 Å². The molecule has 1 aromatic carbocycles. The van der Waals surface area contributed by atoms with Crippen molar-refractivity contribution in [3.63, 3.8) is 0 Å². The van der Waals surface area contributed by atoms with Gasteiger partial charge in [-0.25, -0.2) is 19.2 Å². The first kappa shape index (κ1) is 20.0. The molecular formula is C22H15ClFN5O3. The lowest BCUT2D eigenvalue weighted by molar-refractivity contribution is 0.0687. The Morgan fingerprint density at radius 2 is 2.09 bits per heavy atom. The molecule has 0 amide bonds. The van der Waals surface area contributed by atoms with E-state index in [1.165, 1.54) is 36.1 Å². The first-order valence-corrected chi connectivity index (χ1v) is 9.95. The summed E-state index contributed by atoms with van der Waals surface area (Å²) in [5.41, 5.74) is 2.12. The summed E-state index contributed by atoms with van der Waals surface area (Å²) in [6.07, 6.45) is 2.98. The summed E-state index contributed by atoms with van der Waals surface area (Å²) in [4.78, 5) is 38.9. The summed E-state index contributed by atoms with van der Waals surface area (Å²) in [5.74, 6) is -1.87. The second-order valence-corrected chi connectivity index (χ2v) is 7.72. The quantitative estimate of drug-likeness (QED) is 0.380. The van der Waals surface area contributed by atoms with Crippen LogP contribution in [0.25, 0.3) is 33.2 Å². The van der Waals surface area contributed by atoms with Gasteiger partial charge in [-0.3, -0.25) is 4.79 Å². The van der Waals surface area contributed by atoms with E-state index >= 15 is 0 Å². The van der Waals surface area contributed by atoms with Crippen LogP contribution in [0.2, 0.25) is 5.02 Å². The highest BCUT2D eigenvalue weighted by atomic mass is 35.5. The molecule has 0 spiro atoms. The zero-order valence-corrected chi connectivity index (χ0v) is 17.4. The maximum atomic E-state index is 14.5. The number of aryl methyl sites for hydroxylation is 1. The fraction of sp³-hybridized carbons (Fsp3) is 0.0909. The number of pyridine rings is 2. The number of carboxylic acid groups (broad SMARTS) is 1. The topological polar surface area (TPSA) is 117 Å². The number of aromatic amines is 2. The van der Waals surface area contributed by atoms with E-state index in [9.17, 15) is 19.1 Å². The van der Waals surface area contributed by atoms with Gasteiger partial charge in [0.2, 0.25) is 0 Å². The standard InChI is InChI=1S/C22H15ClFN5O3/c1-10-14(24)7-17-19(28-10)18(12-3-2-4-25-21(12)30)20(22(31)32)29(17)8-11-5-15-16(6-13(11)23)27-9-26-15/h2-7,9H,8H2,1H3,(H,25,30)(H,26,27)(H,31,32). The Labute approximate surface area is 184 Å². The average Bonchev–Trinajstić information content (AvgIpc) is 3.31. The number of H-pyrrole nitrogens is 2. The van der Waals surface area contributed by atoms with Gasteiger partial charge in [0.05, 0.1) is 46.2 Å².